The van der Waals surface area contributed by atoms with Gasteiger partial charge in [-0.2, -0.15) is 0 Å². The quantitative estimate of drug-likeness (QED) is 0.604. The molecule has 1 unspecified atom stereocenters. The summed E-state index contributed by atoms with van der Waals surface area (Å²) >= 11 is 0. The average Bonchev–Trinajstić information content (AvgIpc) is 2.47. The van der Waals surface area contributed by atoms with Gasteiger partial charge >= 0.3 is 5.97 Å². The second-order valence-electron chi connectivity index (χ2n) is 5.31. The largest absolute Gasteiger partial charge is 0.427 e. The summed E-state index contributed by atoms with van der Waals surface area (Å²) in [5, 5.41) is 0. The molecular formula is C18H18O2. The first-order chi connectivity index (χ1) is 9.74. The van der Waals surface area contributed by atoms with Crippen LogP contribution in [0.3, 0.4) is 0 Å². The van der Waals surface area contributed by atoms with Crippen molar-refractivity contribution < 1.29 is 9.53 Å². The van der Waals surface area contributed by atoms with Gasteiger partial charge in [0.15, 0.2) is 0 Å². The second kappa shape index (κ2) is 5.49. The normalized spacial score (nSPS) is 17.4. The van der Waals surface area contributed by atoms with Gasteiger partial charge in [0.1, 0.15) is 5.75 Å². The van der Waals surface area contributed by atoms with Crippen LogP contribution < -0.4 is 4.74 Å². The van der Waals surface area contributed by atoms with Crippen LogP contribution in [0, 0.1) is 0 Å². The van der Waals surface area contributed by atoms with E-state index in [1.165, 1.54) is 42.9 Å². The first-order valence-electron chi connectivity index (χ1n) is 7.10. The zero-order valence-electron chi connectivity index (χ0n) is 11.6. The molecule has 0 amide bonds. The molecule has 0 saturated carbocycles. The minimum Gasteiger partial charge on any atom is -0.427 e. The lowest BCUT2D eigenvalue weighted by Gasteiger charge is -2.26. The van der Waals surface area contributed by atoms with E-state index in [0.717, 1.165) is 0 Å². The van der Waals surface area contributed by atoms with Crippen molar-refractivity contribution in [2.45, 2.75) is 32.1 Å². The molecule has 1 aliphatic rings. The lowest BCUT2D eigenvalue weighted by molar-refractivity contribution is -0.131. The standard InChI is InChI=1S/C18H18O2/c1-13(19)20-16-11-9-15(10-12-16)18-8-4-6-14-5-2-3-7-17(14)18/h2-3,5,7,9-12,18H,4,6,8H2,1H3. The Balaban J connectivity index is 1.88. The molecule has 2 nitrogen and oxygen atoms in total. The van der Waals surface area contributed by atoms with Gasteiger partial charge in [0.25, 0.3) is 0 Å². The van der Waals surface area contributed by atoms with Crippen molar-refractivity contribution in [2.75, 3.05) is 0 Å². The highest BCUT2D eigenvalue weighted by Gasteiger charge is 2.21. The summed E-state index contributed by atoms with van der Waals surface area (Å²) in [6.45, 7) is 1.42. The van der Waals surface area contributed by atoms with Crippen LogP contribution in [0.4, 0.5) is 0 Å². The zero-order chi connectivity index (χ0) is 13.9. The van der Waals surface area contributed by atoms with Gasteiger partial charge in [-0.3, -0.25) is 4.79 Å². The molecule has 102 valence electrons. The highest BCUT2D eigenvalue weighted by molar-refractivity contribution is 5.69. The van der Waals surface area contributed by atoms with Crippen LogP contribution >= 0.6 is 0 Å². The van der Waals surface area contributed by atoms with Crippen molar-refractivity contribution in [3.05, 3.63) is 65.2 Å². The number of carbonyl (C=O) groups is 1. The molecule has 0 radical (unpaired) electrons. The molecule has 1 aliphatic carbocycles. The van der Waals surface area contributed by atoms with Crippen molar-refractivity contribution in [1.29, 1.82) is 0 Å². The molecule has 0 heterocycles. The maximum absolute atomic E-state index is 10.9. The van der Waals surface area contributed by atoms with E-state index in [4.69, 9.17) is 4.74 Å². The molecule has 0 saturated heterocycles. The summed E-state index contributed by atoms with van der Waals surface area (Å²) in [6, 6.07) is 16.6. The number of rotatable bonds is 2. The highest BCUT2D eigenvalue weighted by Crippen LogP contribution is 2.36. The monoisotopic (exact) mass is 266 g/mol. The Bertz CT molecular complexity index is 614. The van der Waals surface area contributed by atoms with Crippen LogP contribution in [0.1, 0.15) is 42.4 Å². The van der Waals surface area contributed by atoms with Crippen molar-refractivity contribution in [2.24, 2.45) is 0 Å². The van der Waals surface area contributed by atoms with Crippen molar-refractivity contribution in [3.8, 4) is 5.75 Å². The van der Waals surface area contributed by atoms with E-state index in [-0.39, 0.29) is 5.97 Å². The van der Waals surface area contributed by atoms with Crippen molar-refractivity contribution in [1.82, 2.24) is 0 Å². The Kier molecular flexibility index (Phi) is 3.55. The summed E-state index contributed by atoms with van der Waals surface area (Å²) in [7, 11) is 0. The Morgan fingerprint density at radius 1 is 1.10 bits per heavy atom. The first-order valence-corrected chi connectivity index (χ1v) is 7.10. The molecule has 0 fully saturated rings. The fourth-order valence-corrected chi connectivity index (χ4v) is 3.03. The third kappa shape index (κ3) is 2.60. The molecule has 2 aromatic carbocycles. The van der Waals surface area contributed by atoms with Crippen LogP contribution in [-0.4, -0.2) is 5.97 Å². The number of hydrogen-bond acceptors (Lipinski definition) is 2. The molecule has 0 bridgehead atoms. The van der Waals surface area contributed by atoms with E-state index >= 15 is 0 Å². The van der Waals surface area contributed by atoms with Crippen LogP contribution in [0.15, 0.2) is 48.5 Å². The molecule has 0 aromatic heterocycles. The number of ether oxygens (including phenoxy) is 1. The number of carbonyl (C=O) groups excluding carboxylic acids is 1. The first kappa shape index (κ1) is 12.9. The predicted octanol–water partition coefficient (Wildman–Crippen LogP) is 4.08. The van der Waals surface area contributed by atoms with Gasteiger partial charge in [0, 0.05) is 12.8 Å². The van der Waals surface area contributed by atoms with Gasteiger partial charge in [-0.1, -0.05) is 36.4 Å². The molecule has 20 heavy (non-hydrogen) atoms. The minimum atomic E-state index is -0.277. The number of aryl methyl sites for hydroxylation is 1. The molecule has 3 rings (SSSR count). The molecule has 2 heteroatoms. The summed E-state index contributed by atoms with van der Waals surface area (Å²) in [5.41, 5.74) is 4.21. The van der Waals surface area contributed by atoms with E-state index < -0.39 is 0 Å². The minimum absolute atomic E-state index is 0.277. The topological polar surface area (TPSA) is 26.3 Å². The summed E-state index contributed by atoms with van der Waals surface area (Å²) in [4.78, 5) is 10.9. The van der Waals surface area contributed by atoms with Gasteiger partial charge in [-0.25, -0.2) is 0 Å². The fraction of sp³-hybridized carbons (Fsp3) is 0.278. The fourth-order valence-electron chi connectivity index (χ4n) is 3.03. The van der Waals surface area contributed by atoms with Crippen LogP contribution in [-0.2, 0) is 11.2 Å². The number of benzene rings is 2. The third-order valence-electron chi connectivity index (χ3n) is 3.91. The molecule has 1 atom stereocenters. The van der Waals surface area contributed by atoms with Gasteiger partial charge in [0.05, 0.1) is 0 Å². The third-order valence-corrected chi connectivity index (χ3v) is 3.91. The van der Waals surface area contributed by atoms with Crippen molar-refractivity contribution in [3.63, 3.8) is 0 Å². The van der Waals surface area contributed by atoms with Gasteiger partial charge in [-0.15, -0.1) is 0 Å². The number of hydrogen-bond donors (Lipinski definition) is 0. The maximum Gasteiger partial charge on any atom is 0.308 e. The van der Waals surface area contributed by atoms with E-state index in [9.17, 15) is 4.79 Å². The SMILES string of the molecule is CC(=O)Oc1ccc(C2CCCc3ccccc32)cc1. The predicted molar refractivity (Wildman–Crippen MR) is 79.0 cm³/mol. The smallest absolute Gasteiger partial charge is 0.308 e. The average molecular weight is 266 g/mol. The summed E-state index contributed by atoms with van der Waals surface area (Å²) in [5.74, 6) is 0.803. The Hall–Kier alpha value is -2.09. The second-order valence-corrected chi connectivity index (χ2v) is 5.31. The number of esters is 1. The van der Waals surface area contributed by atoms with Crippen molar-refractivity contribution >= 4 is 5.97 Å². The van der Waals surface area contributed by atoms with E-state index in [1.807, 2.05) is 12.1 Å². The Morgan fingerprint density at radius 3 is 2.60 bits per heavy atom. The molecular weight excluding hydrogens is 248 g/mol. The van der Waals surface area contributed by atoms with Gasteiger partial charge in [-0.05, 0) is 48.1 Å². The molecule has 0 aliphatic heterocycles. The highest BCUT2D eigenvalue weighted by atomic mass is 16.5. The molecule has 0 spiro atoms. The van der Waals surface area contributed by atoms with Gasteiger partial charge < -0.3 is 4.74 Å². The van der Waals surface area contributed by atoms with E-state index in [2.05, 4.69) is 36.4 Å². The Morgan fingerprint density at radius 2 is 1.85 bits per heavy atom. The van der Waals surface area contributed by atoms with E-state index in [1.54, 1.807) is 0 Å². The van der Waals surface area contributed by atoms with E-state index in [0.29, 0.717) is 11.7 Å². The molecule has 0 N–H and O–H groups in total. The Labute approximate surface area is 119 Å². The molecule has 2 aromatic rings. The zero-order valence-corrected chi connectivity index (χ0v) is 11.6. The van der Waals surface area contributed by atoms with Crippen LogP contribution in [0.25, 0.3) is 0 Å². The summed E-state index contributed by atoms with van der Waals surface area (Å²) < 4.78 is 5.09. The van der Waals surface area contributed by atoms with Crippen LogP contribution in [0.5, 0.6) is 5.75 Å². The lowest BCUT2D eigenvalue weighted by Crippen LogP contribution is -2.10. The van der Waals surface area contributed by atoms with Gasteiger partial charge in [0.2, 0.25) is 0 Å². The lowest BCUT2D eigenvalue weighted by atomic mass is 9.79. The number of fused-ring (bicyclic) bond motifs is 1. The maximum atomic E-state index is 10.9. The summed E-state index contributed by atoms with van der Waals surface area (Å²) in [6.07, 6.45) is 3.59. The van der Waals surface area contributed by atoms with Crippen LogP contribution in [0.2, 0.25) is 0 Å².